The minimum Gasteiger partial charge on any atom is -0.544 e. The molecule has 130 valence electrons. The standard InChI is InChI=1S/C18H32O3Si2/c1-22(2,3)20-17-14-11-10-13-16(17)12-8-7-9-15-18(19)21-23(4,5)6/h10-11,13-14H,7-9,12,15H2,1-6H3. The molecule has 0 aliphatic heterocycles. The van der Waals surface area contributed by atoms with Crippen LogP contribution in [-0.4, -0.2) is 22.6 Å². The number of carbonyl (C=O) groups is 1. The molecule has 1 rings (SSSR count). The molecule has 3 nitrogen and oxygen atoms in total. The number of unbranched alkanes of at least 4 members (excludes halogenated alkanes) is 2. The van der Waals surface area contributed by atoms with Gasteiger partial charge in [0.2, 0.25) is 16.6 Å². The van der Waals surface area contributed by atoms with Crippen LogP contribution < -0.4 is 4.43 Å². The lowest BCUT2D eigenvalue weighted by molar-refractivity contribution is -0.135. The van der Waals surface area contributed by atoms with E-state index >= 15 is 0 Å². The molecule has 0 aliphatic carbocycles. The molecule has 0 saturated carbocycles. The van der Waals surface area contributed by atoms with Gasteiger partial charge < -0.3 is 8.85 Å². The van der Waals surface area contributed by atoms with Gasteiger partial charge in [-0.25, -0.2) is 0 Å². The first-order valence-electron chi connectivity index (χ1n) is 8.56. The Labute approximate surface area is 143 Å². The van der Waals surface area contributed by atoms with Gasteiger partial charge in [0.05, 0.1) is 0 Å². The van der Waals surface area contributed by atoms with Crippen molar-refractivity contribution in [1.82, 2.24) is 0 Å². The maximum Gasteiger partial charge on any atom is 0.292 e. The summed E-state index contributed by atoms with van der Waals surface area (Å²) in [5.41, 5.74) is 1.28. The van der Waals surface area contributed by atoms with E-state index in [4.69, 9.17) is 8.85 Å². The van der Waals surface area contributed by atoms with Gasteiger partial charge in [-0.15, -0.1) is 0 Å². The van der Waals surface area contributed by atoms with Crippen LogP contribution in [0.2, 0.25) is 39.3 Å². The monoisotopic (exact) mass is 352 g/mol. The summed E-state index contributed by atoms with van der Waals surface area (Å²) in [6, 6.07) is 8.32. The third-order valence-electron chi connectivity index (χ3n) is 3.14. The molecule has 0 radical (unpaired) electrons. The highest BCUT2D eigenvalue weighted by Crippen LogP contribution is 2.23. The molecule has 0 fully saturated rings. The van der Waals surface area contributed by atoms with E-state index in [9.17, 15) is 4.79 Å². The van der Waals surface area contributed by atoms with Crippen LogP contribution in [0.3, 0.4) is 0 Å². The van der Waals surface area contributed by atoms with Crippen LogP contribution in [0.4, 0.5) is 0 Å². The molecule has 0 spiro atoms. The lowest BCUT2D eigenvalue weighted by Gasteiger charge is -2.21. The van der Waals surface area contributed by atoms with Crippen molar-refractivity contribution in [3.63, 3.8) is 0 Å². The van der Waals surface area contributed by atoms with Crippen molar-refractivity contribution < 1.29 is 13.6 Å². The van der Waals surface area contributed by atoms with Crippen LogP contribution in [0, 0.1) is 0 Å². The molecule has 0 saturated heterocycles. The highest BCUT2D eigenvalue weighted by Gasteiger charge is 2.19. The van der Waals surface area contributed by atoms with Crippen molar-refractivity contribution in [3.8, 4) is 5.75 Å². The zero-order valence-electron chi connectivity index (χ0n) is 15.6. The largest absolute Gasteiger partial charge is 0.544 e. The first-order chi connectivity index (χ1) is 10.6. The van der Waals surface area contributed by atoms with Crippen LogP contribution in [0.15, 0.2) is 24.3 Å². The maximum atomic E-state index is 11.7. The van der Waals surface area contributed by atoms with Gasteiger partial charge in [-0.2, -0.15) is 0 Å². The number of carbonyl (C=O) groups excluding carboxylic acids is 1. The lowest BCUT2D eigenvalue weighted by Crippen LogP contribution is -2.29. The van der Waals surface area contributed by atoms with E-state index in [1.54, 1.807) is 0 Å². The van der Waals surface area contributed by atoms with Gasteiger partial charge in [0.1, 0.15) is 5.75 Å². The van der Waals surface area contributed by atoms with Crippen molar-refractivity contribution in [2.75, 3.05) is 0 Å². The topological polar surface area (TPSA) is 35.5 Å². The van der Waals surface area contributed by atoms with E-state index in [-0.39, 0.29) is 5.97 Å². The Morgan fingerprint density at radius 1 is 0.913 bits per heavy atom. The van der Waals surface area contributed by atoms with Crippen molar-refractivity contribution in [3.05, 3.63) is 29.8 Å². The maximum absolute atomic E-state index is 11.7. The quantitative estimate of drug-likeness (QED) is 0.442. The molecule has 1 aromatic carbocycles. The predicted molar refractivity (Wildman–Crippen MR) is 102 cm³/mol. The fraction of sp³-hybridized carbons (Fsp3) is 0.611. The van der Waals surface area contributed by atoms with Crippen LogP contribution in [0.5, 0.6) is 5.75 Å². The number of rotatable bonds is 9. The molecule has 0 aromatic heterocycles. The Bertz CT molecular complexity index is 502. The minimum atomic E-state index is -1.73. The average Bonchev–Trinajstić information content (AvgIpc) is 2.36. The molecule has 0 heterocycles. The SMILES string of the molecule is C[Si](C)(C)OC(=O)CCCCCc1ccccc1O[Si](C)(C)C. The van der Waals surface area contributed by atoms with Crippen molar-refractivity contribution in [1.29, 1.82) is 0 Å². The molecular formula is C18H32O3Si2. The highest BCUT2D eigenvalue weighted by molar-refractivity contribution is 6.71. The second kappa shape index (κ2) is 8.69. The molecule has 5 heteroatoms. The van der Waals surface area contributed by atoms with E-state index in [2.05, 4.69) is 37.8 Å². The number of benzene rings is 1. The van der Waals surface area contributed by atoms with Gasteiger partial charge >= 0.3 is 0 Å². The van der Waals surface area contributed by atoms with E-state index in [1.165, 1.54) is 5.56 Å². The first kappa shape index (κ1) is 20.0. The molecular weight excluding hydrogens is 320 g/mol. The van der Waals surface area contributed by atoms with Crippen molar-refractivity contribution in [2.45, 2.75) is 71.4 Å². The molecule has 0 bridgehead atoms. The third kappa shape index (κ3) is 9.61. The number of hydrogen-bond acceptors (Lipinski definition) is 3. The molecule has 23 heavy (non-hydrogen) atoms. The second-order valence-corrected chi connectivity index (χ2v) is 16.8. The fourth-order valence-corrected chi connectivity index (χ4v) is 3.94. The number of para-hydroxylation sites is 1. The van der Waals surface area contributed by atoms with Gasteiger partial charge in [0.25, 0.3) is 5.97 Å². The summed E-state index contributed by atoms with van der Waals surface area (Å²) < 4.78 is 11.6. The Morgan fingerprint density at radius 2 is 1.57 bits per heavy atom. The van der Waals surface area contributed by atoms with Crippen LogP contribution in [0.25, 0.3) is 0 Å². The Kier molecular flexibility index (Phi) is 7.54. The summed E-state index contributed by atoms with van der Waals surface area (Å²) in [5.74, 6) is 0.997. The number of aryl methyl sites for hydroxylation is 1. The normalized spacial score (nSPS) is 12.1. The third-order valence-corrected chi connectivity index (χ3v) is 4.81. The summed E-state index contributed by atoms with van der Waals surface area (Å²) in [5, 5.41) is 0. The lowest BCUT2D eigenvalue weighted by atomic mass is 10.1. The molecule has 0 atom stereocenters. The van der Waals surface area contributed by atoms with Gasteiger partial charge in [0.15, 0.2) is 0 Å². The Morgan fingerprint density at radius 3 is 2.17 bits per heavy atom. The summed E-state index contributed by atoms with van der Waals surface area (Å²) in [4.78, 5) is 11.7. The molecule has 0 aliphatic rings. The second-order valence-electron chi connectivity index (χ2n) is 7.97. The van der Waals surface area contributed by atoms with E-state index in [1.807, 2.05) is 25.7 Å². The van der Waals surface area contributed by atoms with E-state index < -0.39 is 16.6 Å². The summed E-state index contributed by atoms with van der Waals surface area (Å²) >= 11 is 0. The fourth-order valence-electron chi connectivity index (χ4n) is 2.29. The summed E-state index contributed by atoms with van der Waals surface area (Å²) in [6.45, 7) is 12.7. The van der Waals surface area contributed by atoms with Gasteiger partial charge in [0, 0.05) is 6.42 Å². The van der Waals surface area contributed by atoms with E-state index in [0.717, 1.165) is 31.4 Å². The summed E-state index contributed by atoms with van der Waals surface area (Å²) in [7, 11) is -3.31. The van der Waals surface area contributed by atoms with Gasteiger partial charge in [-0.1, -0.05) is 24.6 Å². The van der Waals surface area contributed by atoms with Crippen LogP contribution >= 0.6 is 0 Å². The average molecular weight is 353 g/mol. The number of hydrogen-bond donors (Lipinski definition) is 0. The van der Waals surface area contributed by atoms with E-state index in [0.29, 0.717) is 6.42 Å². The zero-order chi connectivity index (χ0) is 17.5. The minimum absolute atomic E-state index is 0.0355. The highest BCUT2D eigenvalue weighted by atomic mass is 28.4. The molecule has 1 aromatic rings. The summed E-state index contributed by atoms with van der Waals surface area (Å²) in [6.07, 6.45) is 4.57. The molecule has 0 amide bonds. The zero-order valence-corrected chi connectivity index (χ0v) is 17.6. The van der Waals surface area contributed by atoms with Crippen LogP contribution in [0.1, 0.15) is 31.2 Å². The Hall–Kier alpha value is -1.08. The molecule has 0 unspecified atom stereocenters. The van der Waals surface area contributed by atoms with Gasteiger partial charge in [-0.3, -0.25) is 4.79 Å². The smallest absolute Gasteiger partial charge is 0.292 e. The Balaban J connectivity index is 2.35. The first-order valence-corrected chi connectivity index (χ1v) is 15.4. The van der Waals surface area contributed by atoms with Crippen molar-refractivity contribution in [2.24, 2.45) is 0 Å². The van der Waals surface area contributed by atoms with Crippen LogP contribution in [-0.2, 0) is 15.6 Å². The van der Waals surface area contributed by atoms with Crippen molar-refractivity contribution >= 4 is 22.6 Å². The van der Waals surface area contributed by atoms with Gasteiger partial charge in [-0.05, 0) is 70.2 Å². The molecule has 0 N–H and O–H groups in total. The predicted octanol–water partition coefficient (Wildman–Crippen LogP) is 5.38.